The van der Waals surface area contributed by atoms with Crippen molar-refractivity contribution in [2.24, 2.45) is 5.41 Å². The number of aliphatic hydroxyl groups excluding tert-OH is 1. The van der Waals surface area contributed by atoms with Crippen LogP contribution in [0.25, 0.3) is 0 Å². The summed E-state index contributed by atoms with van der Waals surface area (Å²) in [7, 11) is 0. The lowest BCUT2D eigenvalue weighted by molar-refractivity contribution is 0.0908. The molecule has 0 spiro atoms. The highest BCUT2D eigenvalue weighted by atomic mass is 16.3. The Balaban J connectivity index is 2.16. The Morgan fingerprint density at radius 2 is 2.15 bits per heavy atom. The molecule has 0 atom stereocenters. The standard InChI is InChI=1S/C14H21N3O3/c1-8-10(12(19)15-6-14(2,3)7-18)13(20)17-11(16-8)9-4-5-9/h9,18H,4-7H2,1-3H3,(H,15,19)(H,16,17,20). The Labute approximate surface area is 117 Å². The van der Waals surface area contributed by atoms with Gasteiger partial charge in [-0.1, -0.05) is 13.8 Å². The molecule has 1 aromatic rings. The summed E-state index contributed by atoms with van der Waals surface area (Å²) in [5, 5.41) is 11.8. The second kappa shape index (κ2) is 5.36. The second-order valence-electron chi connectivity index (χ2n) is 6.19. The van der Waals surface area contributed by atoms with Crippen LogP contribution in [0.15, 0.2) is 4.79 Å². The number of aromatic amines is 1. The second-order valence-corrected chi connectivity index (χ2v) is 6.19. The molecular formula is C14H21N3O3. The molecule has 0 aliphatic heterocycles. The fourth-order valence-corrected chi connectivity index (χ4v) is 1.89. The van der Waals surface area contributed by atoms with Crippen LogP contribution in [-0.2, 0) is 0 Å². The first kappa shape index (κ1) is 14.7. The van der Waals surface area contributed by atoms with Gasteiger partial charge >= 0.3 is 0 Å². The van der Waals surface area contributed by atoms with E-state index in [1.807, 2.05) is 13.8 Å². The van der Waals surface area contributed by atoms with Gasteiger partial charge in [0.2, 0.25) is 0 Å². The summed E-state index contributed by atoms with van der Waals surface area (Å²) in [4.78, 5) is 31.1. The van der Waals surface area contributed by atoms with Crippen molar-refractivity contribution in [3.63, 3.8) is 0 Å². The lowest BCUT2D eigenvalue weighted by Gasteiger charge is -2.21. The van der Waals surface area contributed by atoms with Gasteiger partial charge in [0, 0.05) is 24.5 Å². The molecule has 1 aliphatic carbocycles. The average molecular weight is 279 g/mol. The van der Waals surface area contributed by atoms with Gasteiger partial charge in [0.05, 0.1) is 5.69 Å². The number of hydrogen-bond donors (Lipinski definition) is 3. The number of carbonyl (C=O) groups excluding carboxylic acids is 1. The molecule has 110 valence electrons. The molecule has 1 saturated carbocycles. The monoisotopic (exact) mass is 279 g/mol. The topological polar surface area (TPSA) is 95.1 Å². The summed E-state index contributed by atoms with van der Waals surface area (Å²) in [5.41, 5.74) is -0.297. The number of carbonyl (C=O) groups is 1. The van der Waals surface area contributed by atoms with Crippen LogP contribution in [0.2, 0.25) is 0 Å². The Kier molecular flexibility index (Phi) is 3.94. The molecule has 1 fully saturated rings. The van der Waals surface area contributed by atoms with Crippen molar-refractivity contribution in [1.82, 2.24) is 15.3 Å². The normalized spacial score (nSPS) is 15.2. The predicted molar refractivity (Wildman–Crippen MR) is 74.8 cm³/mol. The summed E-state index contributed by atoms with van der Waals surface area (Å²) in [6, 6.07) is 0. The number of hydrogen-bond acceptors (Lipinski definition) is 4. The molecule has 20 heavy (non-hydrogen) atoms. The van der Waals surface area contributed by atoms with Gasteiger partial charge in [0.25, 0.3) is 11.5 Å². The Morgan fingerprint density at radius 3 is 2.65 bits per heavy atom. The van der Waals surface area contributed by atoms with Gasteiger partial charge in [0.1, 0.15) is 11.4 Å². The highest BCUT2D eigenvalue weighted by molar-refractivity contribution is 5.94. The number of aromatic nitrogens is 2. The molecule has 3 N–H and O–H groups in total. The molecule has 0 radical (unpaired) electrons. The van der Waals surface area contributed by atoms with E-state index in [1.165, 1.54) is 0 Å². The first-order valence-corrected chi connectivity index (χ1v) is 6.84. The summed E-state index contributed by atoms with van der Waals surface area (Å²) < 4.78 is 0. The van der Waals surface area contributed by atoms with Crippen molar-refractivity contribution < 1.29 is 9.90 Å². The van der Waals surface area contributed by atoms with Gasteiger partial charge in [-0.25, -0.2) is 4.98 Å². The van der Waals surface area contributed by atoms with Crippen LogP contribution in [0, 0.1) is 12.3 Å². The van der Waals surface area contributed by atoms with Crippen LogP contribution in [0.1, 0.15) is 54.5 Å². The number of H-pyrrole nitrogens is 1. The molecule has 0 unspecified atom stereocenters. The minimum Gasteiger partial charge on any atom is -0.396 e. The van der Waals surface area contributed by atoms with E-state index in [-0.39, 0.29) is 12.2 Å². The Morgan fingerprint density at radius 1 is 1.50 bits per heavy atom. The number of amides is 1. The molecule has 0 saturated heterocycles. The lowest BCUT2D eigenvalue weighted by Crippen LogP contribution is -2.39. The Hall–Kier alpha value is -1.69. The van der Waals surface area contributed by atoms with Gasteiger partial charge in [-0.3, -0.25) is 9.59 Å². The van der Waals surface area contributed by atoms with Crippen LogP contribution >= 0.6 is 0 Å². The van der Waals surface area contributed by atoms with Gasteiger partial charge in [-0.15, -0.1) is 0 Å². The third-order valence-electron chi connectivity index (χ3n) is 3.47. The maximum Gasteiger partial charge on any atom is 0.264 e. The summed E-state index contributed by atoms with van der Waals surface area (Å²) in [6.07, 6.45) is 2.08. The van der Waals surface area contributed by atoms with Crippen molar-refractivity contribution in [3.05, 3.63) is 27.4 Å². The third-order valence-corrected chi connectivity index (χ3v) is 3.47. The van der Waals surface area contributed by atoms with Gasteiger partial charge < -0.3 is 15.4 Å². The van der Waals surface area contributed by atoms with Crippen molar-refractivity contribution in [2.45, 2.75) is 39.5 Å². The highest BCUT2D eigenvalue weighted by Crippen LogP contribution is 2.37. The van der Waals surface area contributed by atoms with Crippen molar-refractivity contribution in [1.29, 1.82) is 0 Å². The van der Waals surface area contributed by atoms with E-state index < -0.39 is 16.9 Å². The molecule has 6 heteroatoms. The highest BCUT2D eigenvalue weighted by Gasteiger charge is 2.28. The fourth-order valence-electron chi connectivity index (χ4n) is 1.89. The van der Waals surface area contributed by atoms with E-state index >= 15 is 0 Å². The molecule has 6 nitrogen and oxygen atoms in total. The predicted octanol–water partition coefficient (Wildman–Crippen LogP) is 0.704. The van der Waals surface area contributed by atoms with E-state index in [1.54, 1.807) is 6.92 Å². The number of nitrogens with zero attached hydrogens (tertiary/aromatic N) is 1. The molecule has 1 aromatic heterocycles. The van der Waals surface area contributed by atoms with E-state index in [9.17, 15) is 9.59 Å². The number of nitrogens with one attached hydrogen (secondary N) is 2. The van der Waals surface area contributed by atoms with Crippen LogP contribution in [-0.4, -0.2) is 34.1 Å². The molecule has 1 aliphatic rings. The first-order chi connectivity index (χ1) is 9.34. The number of aryl methyl sites for hydroxylation is 1. The minimum atomic E-state index is -0.444. The summed E-state index contributed by atoms with van der Waals surface area (Å²) in [5.74, 6) is 0.576. The van der Waals surface area contributed by atoms with E-state index in [0.717, 1.165) is 12.8 Å². The molecule has 0 bridgehead atoms. The molecule has 2 rings (SSSR count). The number of aliphatic hydroxyl groups is 1. The van der Waals surface area contributed by atoms with E-state index in [0.29, 0.717) is 24.0 Å². The Bertz CT molecular complexity index is 574. The largest absolute Gasteiger partial charge is 0.396 e. The van der Waals surface area contributed by atoms with Crippen molar-refractivity contribution >= 4 is 5.91 Å². The zero-order valence-corrected chi connectivity index (χ0v) is 12.1. The third kappa shape index (κ3) is 3.25. The van der Waals surface area contributed by atoms with E-state index in [2.05, 4.69) is 15.3 Å². The van der Waals surface area contributed by atoms with Gasteiger partial charge in [-0.05, 0) is 19.8 Å². The molecule has 1 amide bonds. The first-order valence-electron chi connectivity index (χ1n) is 6.84. The molecule has 1 heterocycles. The van der Waals surface area contributed by atoms with Crippen molar-refractivity contribution in [3.8, 4) is 0 Å². The zero-order chi connectivity index (χ0) is 14.9. The maximum absolute atomic E-state index is 12.1. The van der Waals surface area contributed by atoms with Gasteiger partial charge in [-0.2, -0.15) is 0 Å². The SMILES string of the molecule is Cc1nc(C2CC2)[nH]c(=O)c1C(=O)NCC(C)(C)CO. The smallest absolute Gasteiger partial charge is 0.264 e. The van der Waals surface area contributed by atoms with E-state index in [4.69, 9.17) is 5.11 Å². The van der Waals surface area contributed by atoms with Crippen LogP contribution in [0.3, 0.4) is 0 Å². The zero-order valence-electron chi connectivity index (χ0n) is 12.1. The van der Waals surface area contributed by atoms with Crippen LogP contribution < -0.4 is 10.9 Å². The number of rotatable bonds is 5. The average Bonchev–Trinajstić information content (AvgIpc) is 3.20. The lowest BCUT2D eigenvalue weighted by atomic mass is 9.95. The summed E-state index contributed by atoms with van der Waals surface area (Å²) in [6.45, 7) is 5.60. The quantitative estimate of drug-likeness (QED) is 0.739. The maximum atomic E-state index is 12.1. The van der Waals surface area contributed by atoms with Crippen LogP contribution in [0.4, 0.5) is 0 Å². The summed E-state index contributed by atoms with van der Waals surface area (Å²) >= 11 is 0. The minimum absolute atomic E-state index is 0.0402. The van der Waals surface area contributed by atoms with Gasteiger partial charge in [0.15, 0.2) is 0 Å². The molecule has 0 aromatic carbocycles. The van der Waals surface area contributed by atoms with Crippen molar-refractivity contribution in [2.75, 3.05) is 13.2 Å². The van der Waals surface area contributed by atoms with Crippen LogP contribution in [0.5, 0.6) is 0 Å². The fraction of sp³-hybridized carbons (Fsp3) is 0.643. The molecular weight excluding hydrogens is 258 g/mol.